The number of ether oxygens (including phenoxy) is 3. The molecule has 8 nitrogen and oxygen atoms in total. The van der Waals surface area contributed by atoms with Crippen molar-refractivity contribution in [3.05, 3.63) is 54.9 Å². The van der Waals surface area contributed by atoms with Crippen LogP contribution in [0.15, 0.2) is 54.9 Å². The minimum absolute atomic E-state index is 0.121. The maximum Gasteiger partial charge on any atom is 0.262 e. The molecule has 1 aromatic heterocycles. The molecule has 1 saturated heterocycles. The number of nitrogens with one attached hydrogen (secondary N) is 2. The van der Waals surface area contributed by atoms with Crippen molar-refractivity contribution in [1.29, 1.82) is 0 Å². The van der Waals surface area contributed by atoms with Crippen LogP contribution in [0.25, 0.3) is 11.1 Å². The molecule has 0 saturated carbocycles. The lowest BCUT2D eigenvalue weighted by Crippen LogP contribution is -2.25. The van der Waals surface area contributed by atoms with Gasteiger partial charge in [-0.05, 0) is 55.8 Å². The molecule has 1 amide bonds. The Morgan fingerprint density at radius 3 is 2.72 bits per heavy atom. The van der Waals surface area contributed by atoms with Crippen LogP contribution in [0, 0.1) is 0 Å². The Balaban J connectivity index is 1.41. The zero-order valence-corrected chi connectivity index (χ0v) is 18.2. The molecule has 0 unspecified atom stereocenters. The van der Waals surface area contributed by atoms with Gasteiger partial charge in [-0.2, -0.15) is 5.10 Å². The molecule has 0 atom stereocenters. The minimum Gasteiger partial charge on any atom is -0.497 e. The van der Waals surface area contributed by atoms with Gasteiger partial charge in [0.05, 0.1) is 19.0 Å². The van der Waals surface area contributed by atoms with Gasteiger partial charge >= 0.3 is 0 Å². The van der Waals surface area contributed by atoms with Gasteiger partial charge in [-0.25, -0.2) is 0 Å². The summed E-state index contributed by atoms with van der Waals surface area (Å²) in [4.78, 5) is 14.9. The van der Waals surface area contributed by atoms with Crippen LogP contribution in [0.2, 0.25) is 0 Å². The molecule has 3 aromatic rings. The van der Waals surface area contributed by atoms with Gasteiger partial charge < -0.3 is 19.5 Å². The highest BCUT2D eigenvalue weighted by Crippen LogP contribution is 2.31. The number of carbonyl (C=O) groups is 1. The molecule has 2 aromatic carbocycles. The largest absolute Gasteiger partial charge is 0.497 e. The highest BCUT2D eigenvalue weighted by atomic mass is 16.5. The van der Waals surface area contributed by atoms with Crippen molar-refractivity contribution in [1.82, 2.24) is 15.1 Å². The molecule has 8 heteroatoms. The Morgan fingerprint density at radius 2 is 1.94 bits per heavy atom. The Morgan fingerprint density at radius 1 is 1.09 bits per heavy atom. The Hall–Kier alpha value is -3.52. The third-order valence-corrected chi connectivity index (χ3v) is 5.36. The van der Waals surface area contributed by atoms with Crippen LogP contribution in [-0.4, -0.2) is 61.0 Å². The first kappa shape index (κ1) is 21.7. The van der Waals surface area contributed by atoms with E-state index in [1.54, 1.807) is 25.4 Å². The standard InChI is InChI=1S/C24H28N4O4/c1-30-20-5-4-6-21(14-20)32-17-24(29)27-22-8-7-18(19-15-25-26-16-19)13-23(22)31-12-11-28-9-2-3-10-28/h4-8,13-16H,2-3,9-12,17H2,1H3,(H,25,26)(H,27,29). The molecular formula is C24H28N4O4. The molecule has 4 rings (SSSR count). The van der Waals surface area contributed by atoms with E-state index in [4.69, 9.17) is 14.2 Å². The number of methoxy groups -OCH3 is 1. The lowest BCUT2D eigenvalue weighted by atomic mass is 10.1. The van der Waals surface area contributed by atoms with Gasteiger partial charge in [0.15, 0.2) is 6.61 Å². The van der Waals surface area contributed by atoms with Crippen LogP contribution in [-0.2, 0) is 4.79 Å². The van der Waals surface area contributed by atoms with Crippen LogP contribution in [0.5, 0.6) is 17.2 Å². The number of rotatable bonds is 10. The summed E-state index contributed by atoms with van der Waals surface area (Å²) in [5.74, 6) is 1.59. The summed E-state index contributed by atoms with van der Waals surface area (Å²) < 4.78 is 16.9. The third kappa shape index (κ3) is 5.79. The first-order valence-electron chi connectivity index (χ1n) is 10.8. The van der Waals surface area contributed by atoms with Gasteiger partial charge in [-0.1, -0.05) is 12.1 Å². The number of hydrogen-bond donors (Lipinski definition) is 2. The summed E-state index contributed by atoms with van der Waals surface area (Å²) in [5, 5.41) is 9.74. The molecule has 168 valence electrons. The highest BCUT2D eigenvalue weighted by molar-refractivity contribution is 5.93. The second kappa shape index (κ2) is 10.7. The van der Waals surface area contributed by atoms with Gasteiger partial charge in [0.1, 0.15) is 23.9 Å². The maximum absolute atomic E-state index is 12.5. The van der Waals surface area contributed by atoms with E-state index in [9.17, 15) is 4.79 Å². The van der Waals surface area contributed by atoms with Crippen molar-refractivity contribution in [2.75, 3.05) is 45.3 Å². The monoisotopic (exact) mass is 436 g/mol. The van der Waals surface area contributed by atoms with Gasteiger partial charge in [0, 0.05) is 24.4 Å². The summed E-state index contributed by atoms with van der Waals surface area (Å²) >= 11 is 0. The van der Waals surface area contributed by atoms with Gasteiger partial charge in [0.25, 0.3) is 5.91 Å². The van der Waals surface area contributed by atoms with E-state index in [2.05, 4.69) is 20.4 Å². The molecule has 2 N–H and O–H groups in total. The van der Waals surface area contributed by atoms with Crippen LogP contribution in [0.3, 0.4) is 0 Å². The second-order valence-electron chi connectivity index (χ2n) is 7.61. The SMILES string of the molecule is COc1cccc(OCC(=O)Nc2ccc(-c3cn[nH]c3)cc2OCCN2CCCC2)c1. The highest BCUT2D eigenvalue weighted by Gasteiger charge is 2.14. The second-order valence-corrected chi connectivity index (χ2v) is 7.61. The summed E-state index contributed by atoms with van der Waals surface area (Å²) in [6, 6.07) is 12.8. The molecule has 1 aliphatic heterocycles. The number of anilines is 1. The number of aromatic amines is 1. The smallest absolute Gasteiger partial charge is 0.262 e. The first-order valence-corrected chi connectivity index (χ1v) is 10.8. The van der Waals surface area contributed by atoms with Crippen LogP contribution < -0.4 is 19.5 Å². The molecule has 1 fully saturated rings. The number of H-pyrrole nitrogens is 1. The predicted octanol–water partition coefficient (Wildman–Crippen LogP) is 3.58. The number of carbonyl (C=O) groups excluding carboxylic acids is 1. The minimum atomic E-state index is -0.270. The number of aromatic nitrogens is 2. The number of benzene rings is 2. The molecule has 2 heterocycles. The van der Waals surface area contributed by atoms with Gasteiger partial charge in [0.2, 0.25) is 0 Å². The van der Waals surface area contributed by atoms with E-state index in [0.717, 1.165) is 30.8 Å². The van der Waals surface area contributed by atoms with Crippen molar-refractivity contribution in [3.63, 3.8) is 0 Å². The fourth-order valence-corrected chi connectivity index (χ4v) is 3.65. The van der Waals surface area contributed by atoms with Crippen LogP contribution in [0.1, 0.15) is 12.8 Å². The van der Waals surface area contributed by atoms with E-state index in [1.807, 2.05) is 36.5 Å². The van der Waals surface area contributed by atoms with E-state index >= 15 is 0 Å². The Kier molecular flexibility index (Phi) is 7.24. The van der Waals surface area contributed by atoms with E-state index in [-0.39, 0.29) is 12.5 Å². The van der Waals surface area contributed by atoms with E-state index in [0.29, 0.717) is 29.5 Å². The molecule has 0 radical (unpaired) electrons. The Labute approximate surface area is 187 Å². The molecule has 1 aliphatic rings. The van der Waals surface area contributed by atoms with Crippen LogP contribution >= 0.6 is 0 Å². The lowest BCUT2D eigenvalue weighted by Gasteiger charge is -2.17. The van der Waals surface area contributed by atoms with Gasteiger partial charge in [-0.15, -0.1) is 0 Å². The molecule has 32 heavy (non-hydrogen) atoms. The normalized spacial score (nSPS) is 13.7. The maximum atomic E-state index is 12.5. The number of amides is 1. The lowest BCUT2D eigenvalue weighted by molar-refractivity contribution is -0.118. The average molecular weight is 437 g/mol. The zero-order valence-electron chi connectivity index (χ0n) is 18.2. The van der Waals surface area contributed by atoms with Crippen molar-refractivity contribution in [2.24, 2.45) is 0 Å². The summed E-state index contributed by atoms with van der Waals surface area (Å²) in [5.41, 5.74) is 2.52. The fourth-order valence-electron chi connectivity index (χ4n) is 3.65. The first-order chi connectivity index (χ1) is 15.7. The third-order valence-electron chi connectivity index (χ3n) is 5.36. The average Bonchev–Trinajstić information content (AvgIpc) is 3.53. The topological polar surface area (TPSA) is 88.7 Å². The van der Waals surface area contributed by atoms with Crippen molar-refractivity contribution >= 4 is 11.6 Å². The number of hydrogen-bond acceptors (Lipinski definition) is 6. The number of nitrogens with zero attached hydrogens (tertiary/aromatic N) is 2. The molecule has 0 spiro atoms. The summed E-state index contributed by atoms with van der Waals surface area (Å²) in [6.45, 7) is 3.53. The zero-order chi connectivity index (χ0) is 22.2. The summed E-state index contributed by atoms with van der Waals surface area (Å²) in [6.07, 6.45) is 6.06. The molecule has 0 aliphatic carbocycles. The van der Waals surface area contributed by atoms with E-state index in [1.165, 1.54) is 12.8 Å². The fraction of sp³-hybridized carbons (Fsp3) is 0.333. The van der Waals surface area contributed by atoms with Crippen molar-refractivity contribution < 1.29 is 19.0 Å². The predicted molar refractivity (Wildman–Crippen MR) is 122 cm³/mol. The van der Waals surface area contributed by atoms with Gasteiger partial charge in [-0.3, -0.25) is 14.8 Å². The molecular weight excluding hydrogens is 408 g/mol. The summed E-state index contributed by atoms with van der Waals surface area (Å²) in [7, 11) is 1.59. The quantitative estimate of drug-likeness (QED) is 0.505. The van der Waals surface area contributed by atoms with Crippen molar-refractivity contribution in [3.8, 4) is 28.4 Å². The number of likely N-dealkylation sites (tertiary alicyclic amines) is 1. The van der Waals surface area contributed by atoms with E-state index < -0.39 is 0 Å². The molecule has 0 bridgehead atoms. The Bertz CT molecular complexity index is 1020. The van der Waals surface area contributed by atoms with Crippen molar-refractivity contribution in [2.45, 2.75) is 12.8 Å². The van der Waals surface area contributed by atoms with Crippen LogP contribution in [0.4, 0.5) is 5.69 Å².